The highest BCUT2D eigenvalue weighted by Crippen LogP contribution is 2.41. The molecule has 0 saturated heterocycles. The Morgan fingerprint density at radius 2 is 1.70 bits per heavy atom. The molecule has 1 aliphatic heterocycles. The van der Waals surface area contributed by atoms with E-state index in [2.05, 4.69) is 0 Å². The van der Waals surface area contributed by atoms with E-state index in [0.717, 1.165) is 16.5 Å². The van der Waals surface area contributed by atoms with Crippen LogP contribution in [0.4, 0.5) is 5.69 Å². The third kappa shape index (κ3) is 4.63. The number of anilines is 1. The lowest BCUT2D eigenvalue weighted by Gasteiger charge is -2.16. The van der Waals surface area contributed by atoms with Gasteiger partial charge in [-0.25, -0.2) is 13.2 Å². The summed E-state index contributed by atoms with van der Waals surface area (Å²) >= 11 is 0. The van der Waals surface area contributed by atoms with Crippen molar-refractivity contribution >= 4 is 33.0 Å². The monoisotopic (exact) mass is 428 g/mol. The minimum Gasteiger partial charge on any atom is -0.726 e. The zero-order valence-electron chi connectivity index (χ0n) is 15.3. The molecule has 2 aromatic rings. The molecule has 9 nitrogen and oxygen atoms in total. The summed E-state index contributed by atoms with van der Waals surface area (Å²) in [6.45, 7) is 0. The van der Waals surface area contributed by atoms with Crippen molar-refractivity contribution in [1.82, 2.24) is 0 Å². The average molecular weight is 428 g/mol. The topological polar surface area (TPSA) is 179 Å². The Kier molecular flexibility index (Phi) is 5.56. The number of fused-ring (bicyclic) bond motifs is 2. The third-order valence-electron chi connectivity index (χ3n) is 4.20. The van der Waals surface area contributed by atoms with Crippen molar-refractivity contribution in [1.29, 1.82) is 0 Å². The van der Waals surface area contributed by atoms with Gasteiger partial charge >= 0.3 is 5.97 Å². The first-order chi connectivity index (χ1) is 14.0. The Morgan fingerprint density at radius 3 is 2.37 bits per heavy atom. The summed E-state index contributed by atoms with van der Waals surface area (Å²) in [5.74, 6) is -0.406. The van der Waals surface area contributed by atoms with Crippen LogP contribution >= 0.6 is 0 Å². The normalized spacial score (nSPS) is 11.1. The molecule has 0 spiro atoms. The maximum Gasteiger partial charge on any atom is 0.336 e. The van der Waals surface area contributed by atoms with Crippen LogP contribution in [0, 0.1) is 0 Å². The number of rotatable bonds is 2. The van der Waals surface area contributed by atoms with Gasteiger partial charge in [0.15, 0.2) is 5.36 Å². The van der Waals surface area contributed by atoms with Crippen LogP contribution in [-0.2, 0) is 10.4 Å². The summed E-state index contributed by atoms with van der Waals surface area (Å²) in [4.78, 5) is 11.7. The van der Waals surface area contributed by atoms with E-state index in [1.807, 2.05) is 18.2 Å². The molecule has 1 heterocycles. The van der Waals surface area contributed by atoms with E-state index in [-0.39, 0.29) is 5.56 Å². The summed E-state index contributed by atoms with van der Waals surface area (Å²) < 4.78 is 38.8. The fourth-order valence-corrected chi connectivity index (χ4v) is 3.10. The second kappa shape index (κ2) is 7.95. The second-order valence-electron chi connectivity index (χ2n) is 6.27. The molecule has 2 aromatic carbocycles. The molecule has 0 saturated carbocycles. The standard InChI is InChI=1S/C20H14N2O3.H2O4S/c21-11-5-7-15-17(9-11)25-18-10-12(22)6-8-16(18)19(15)13-3-1-2-4-14(13)20(23)24;1-5(2,3)4/h1-10,21H,22H2,(H,23,24);(H2,1,2,3,4). The van der Waals surface area contributed by atoms with E-state index in [1.165, 1.54) is 0 Å². The predicted molar refractivity (Wildman–Crippen MR) is 107 cm³/mol. The Hall–Kier alpha value is -3.73. The first kappa shape index (κ1) is 21.0. The fourth-order valence-electron chi connectivity index (χ4n) is 3.10. The summed E-state index contributed by atoms with van der Waals surface area (Å²) in [5.41, 5.74) is 9.46. The maximum absolute atomic E-state index is 11.7. The minimum atomic E-state index is -4.92. The van der Waals surface area contributed by atoms with E-state index < -0.39 is 16.4 Å². The molecule has 0 radical (unpaired) electrons. The van der Waals surface area contributed by atoms with Gasteiger partial charge in [-0.1, -0.05) is 18.2 Å². The highest BCUT2D eigenvalue weighted by atomic mass is 32.3. The Bertz CT molecular complexity index is 1390. The average Bonchev–Trinajstić information content (AvgIpc) is 2.64. The molecular formula is C20H16N2O7S. The Balaban J connectivity index is 0.000000461. The summed E-state index contributed by atoms with van der Waals surface area (Å²) in [7, 11) is -4.92. The van der Waals surface area contributed by atoms with Gasteiger partial charge in [0, 0.05) is 34.3 Å². The van der Waals surface area contributed by atoms with Gasteiger partial charge in [-0.3, -0.25) is 9.96 Å². The molecule has 30 heavy (non-hydrogen) atoms. The largest absolute Gasteiger partial charge is 0.726 e. The van der Waals surface area contributed by atoms with Gasteiger partial charge < -0.3 is 19.8 Å². The van der Waals surface area contributed by atoms with Crippen molar-refractivity contribution < 1.29 is 37.3 Å². The number of nitrogen functional groups attached to an aromatic ring is 1. The van der Waals surface area contributed by atoms with Gasteiger partial charge in [0.25, 0.3) is 0 Å². The number of carboxylic acid groups (broad SMARTS) is 1. The van der Waals surface area contributed by atoms with Crippen LogP contribution in [0.3, 0.4) is 0 Å². The number of hydrogen-bond donors (Lipinski definition) is 4. The van der Waals surface area contributed by atoms with E-state index in [0.29, 0.717) is 28.0 Å². The van der Waals surface area contributed by atoms with Crippen molar-refractivity contribution in [2.24, 2.45) is 0 Å². The van der Waals surface area contributed by atoms with Crippen LogP contribution in [0.1, 0.15) is 10.4 Å². The summed E-state index contributed by atoms with van der Waals surface area (Å²) in [6.07, 6.45) is 0. The van der Waals surface area contributed by atoms with E-state index in [1.54, 1.807) is 42.5 Å². The minimum absolute atomic E-state index is 0.227. The molecule has 10 heteroatoms. The molecule has 4 rings (SSSR count). The van der Waals surface area contributed by atoms with Crippen LogP contribution < -0.4 is 16.5 Å². The molecule has 6 N–H and O–H groups in total. The van der Waals surface area contributed by atoms with Gasteiger partial charge in [-0.05, 0) is 29.8 Å². The van der Waals surface area contributed by atoms with Crippen LogP contribution in [0.5, 0.6) is 0 Å². The van der Waals surface area contributed by atoms with Crippen LogP contribution in [-0.4, -0.2) is 28.6 Å². The lowest BCUT2D eigenvalue weighted by Crippen LogP contribution is -2.44. The van der Waals surface area contributed by atoms with Crippen LogP contribution in [0.2, 0.25) is 0 Å². The molecule has 1 aliphatic carbocycles. The number of carbonyl (C=O) groups is 1. The SMILES string of the molecule is Nc1ccc2c(-c3ccccc3C(=O)O)c3ccc(=[NH2+])cc-3oc2c1.O=S(=O)([O-])O. The first-order valence-electron chi connectivity index (χ1n) is 8.40. The highest BCUT2D eigenvalue weighted by molar-refractivity contribution is 7.79. The summed E-state index contributed by atoms with van der Waals surface area (Å²) in [5, 5.41) is 16.8. The fraction of sp³-hybridized carbons (Fsp3) is 0. The number of nitrogens with two attached hydrogens (primary N) is 2. The predicted octanol–water partition coefficient (Wildman–Crippen LogP) is 1.15. The van der Waals surface area contributed by atoms with Crippen molar-refractivity contribution in [2.45, 2.75) is 0 Å². The first-order valence-corrected chi connectivity index (χ1v) is 9.76. The molecule has 0 unspecified atom stereocenters. The number of carboxylic acids is 1. The molecule has 0 fully saturated rings. The van der Waals surface area contributed by atoms with Crippen molar-refractivity contribution in [3.05, 3.63) is 71.6 Å². The van der Waals surface area contributed by atoms with E-state index in [9.17, 15) is 9.90 Å². The Labute approximate surface area is 170 Å². The van der Waals surface area contributed by atoms with Gasteiger partial charge in [0.1, 0.15) is 11.3 Å². The van der Waals surface area contributed by atoms with Gasteiger partial charge in [-0.15, -0.1) is 0 Å². The Morgan fingerprint density at radius 1 is 1.03 bits per heavy atom. The van der Waals surface area contributed by atoms with E-state index in [4.69, 9.17) is 33.1 Å². The van der Waals surface area contributed by atoms with Crippen LogP contribution in [0.25, 0.3) is 33.4 Å². The van der Waals surface area contributed by atoms with Gasteiger partial charge in [0.05, 0.1) is 11.6 Å². The quantitative estimate of drug-likeness (QED) is 0.159. The lowest BCUT2D eigenvalue weighted by atomic mass is 9.91. The second-order valence-corrected chi connectivity index (χ2v) is 7.12. The zero-order chi connectivity index (χ0) is 22.1. The molecule has 0 aromatic heterocycles. The lowest BCUT2D eigenvalue weighted by molar-refractivity contribution is -0.172. The molecule has 2 aliphatic rings. The number of hydrogen-bond acceptors (Lipinski definition) is 6. The highest BCUT2D eigenvalue weighted by Gasteiger charge is 2.21. The van der Waals surface area contributed by atoms with Crippen molar-refractivity contribution in [3.8, 4) is 22.5 Å². The number of benzene rings is 3. The van der Waals surface area contributed by atoms with Crippen molar-refractivity contribution in [2.75, 3.05) is 5.73 Å². The van der Waals surface area contributed by atoms with E-state index >= 15 is 0 Å². The van der Waals surface area contributed by atoms with Crippen LogP contribution in [0.15, 0.2) is 65.1 Å². The summed E-state index contributed by atoms with van der Waals surface area (Å²) in [6, 6.07) is 17.6. The molecule has 0 bridgehead atoms. The maximum atomic E-state index is 11.7. The molecule has 0 atom stereocenters. The third-order valence-corrected chi connectivity index (χ3v) is 4.20. The molecule has 154 valence electrons. The molecule has 0 amide bonds. The van der Waals surface area contributed by atoms with Gasteiger partial charge in [-0.2, -0.15) is 0 Å². The number of aromatic carboxylic acids is 1. The van der Waals surface area contributed by atoms with Crippen molar-refractivity contribution in [3.63, 3.8) is 0 Å². The van der Waals surface area contributed by atoms with Gasteiger partial charge in [0.2, 0.25) is 10.4 Å². The zero-order valence-corrected chi connectivity index (χ0v) is 16.1. The molecular weight excluding hydrogens is 412 g/mol. The smallest absolute Gasteiger partial charge is 0.336 e.